The number of hydrogen-bond donors (Lipinski definition) is 3. The molecule has 4 nitrogen and oxygen atoms in total. The first-order valence-corrected chi connectivity index (χ1v) is 11.3. The zero-order valence-corrected chi connectivity index (χ0v) is 17.7. The molecule has 160 valence electrons. The minimum atomic E-state index is -1.05. The summed E-state index contributed by atoms with van der Waals surface area (Å²) in [6.45, 7) is 2.12. The lowest BCUT2D eigenvalue weighted by molar-refractivity contribution is 0.0692. The van der Waals surface area contributed by atoms with Crippen molar-refractivity contribution >= 4 is 5.97 Å². The van der Waals surface area contributed by atoms with Crippen LogP contribution in [0.4, 0.5) is 0 Å². The molecule has 0 spiro atoms. The number of aliphatic hydroxyl groups is 1. The van der Waals surface area contributed by atoms with Gasteiger partial charge in [-0.1, -0.05) is 89.7 Å². The first kappa shape index (κ1) is 24.5. The average molecular weight is 393 g/mol. The number of unbranched alkanes of at least 4 members (excludes halogenated alkanes) is 10. The smallest absolute Gasteiger partial charge is 0.339 e. The van der Waals surface area contributed by atoms with Gasteiger partial charge in [-0.3, -0.25) is 0 Å². The highest BCUT2D eigenvalue weighted by molar-refractivity contribution is 5.92. The molecule has 1 aromatic rings. The summed E-state index contributed by atoms with van der Waals surface area (Å²) >= 11 is 0. The summed E-state index contributed by atoms with van der Waals surface area (Å²) in [4.78, 5) is 11.2. The Labute approximate surface area is 171 Å². The highest BCUT2D eigenvalue weighted by Crippen LogP contribution is 2.23. The molecule has 1 rings (SSSR count). The van der Waals surface area contributed by atoms with E-state index in [-0.39, 0.29) is 17.4 Å². The molecule has 0 aliphatic carbocycles. The van der Waals surface area contributed by atoms with Crippen LogP contribution < -0.4 is 0 Å². The van der Waals surface area contributed by atoms with Gasteiger partial charge in [0, 0.05) is 0 Å². The Hall–Kier alpha value is -1.55. The van der Waals surface area contributed by atoms with E-state index in [4.69, 9.17) is 0 Å². The van der Waals surface area contributed by atoms with Crippen molar-refractivity contribution < 1.29 is 20.1 Å². The Morgan fingerprint density at radius 1 is 0.857 bits per heavy atom. The van der Waals surface area contributed by atoms with Gasteiger partial charge in [0.1, 0.15) is 11.3 Å². The molecule has 28 heavy (non-hydrogen) atoms. The van der Waals surface area contributed by atoms with E-state index < -0.39 is 5.97 Å². The summed E-state index contributed by atoms with van der Waals surface area (Å²) in [6, 6.07) is 4.95. The van der Waals surface area contributed by atoms with Crippen LogP contribution in [0.1, 0.15) is 113 Å². The number of phenols is 1. The summed E-state index contributed by atoms with van der Waals surface area (Å²) in [5.41, 5.74) is 0.789. The molecule has 1 unspecified atom stereocenters. The molecule has 4 heteroatoms. The Morgan fingerprint density at radius 2 is 1.39 bits per heavy atom. The van der Waals surface area contributed by atoms with Crippen LogP contribution in [0.15, 0.2) is 18.2 Å². The SMILES string of the molecule is CCCC(O)CCCCCCCCCCCCCc1cccc(O)c1C(=O)O. The number of hydrogen-bond acceptors (Lipinski definition) is 3. The summed E-state index contributed by atoms with van der Waals surface area (Å²) in [5.74, 6) is -1.19. The number of rotatable bonds is 17. The summed E-state index contributed by atoms with van der Waals surface area (Å²) in [7, 11) is 0. The van der Waals surface area contributed by atoms with E-state index >= 15 is 0 Å². The molecular weight excluding hydrogens is 352 g/mol. The third-order valence-corrected chi connectivity index (χ3v) is 5.45. The Kier molecular flexibility index (Phi) is 13.5. The molecular formula is C24H40O4. The summed E-state index contributed by atoms with van der Waals surface area (Å²) < 4.78 is 0. The molecule has 0 aliphatic heterocycles. The van der Waals surface area contributed by atoms with Gasteiger partial charge in [0.2, 0.25) is 0 Å². The molecule has 0 fully saturated rings. The third kappa shape index (κ3) is 10.7. The van der Waals surface area contributed by atoms with Gasteiger partial charge in [0.05, 0.1) is 6.10 Å². The normalized spacial score (nSPS) is 12.2. The second kappa shape index (κ2) is 15.4. The number of carboxylic acids is 1. The third-order valence-electron chi connectivity index (χ3n) is 5.45. The number of aliphatic hydroxyl groups excluding tert-OH is 1. The molecule has 3 N–H and O–H groups in total. The van der Waals surface area contributed by atoms with Crippen molar-refractivity contribution in [3.05, 3.63) is 29.3 Å². The largest absolute Gasteiger partial charge is 0.507 e. The molecule has 0 saturated heterocycles. The van der Waals surface area contributed by atoms with Crippen LogP contribution in [0.25, 0.3) is 0 Å². The predicted octanol–water partition coefficient (Wildman–Crippen LogP) is 6.48. The van der Waals surface area contributed by atoms with Crippen molar-refractivity contribution in [2.45, 2.75) is 109 Å². The van der Waals surface area contributed by atoms with Crippen molar-refractivity contribution in [2.24, 2.45) is 0 Å². The minimum Gasteiger partial charge on any atom is -0.507 e. The number of aromatic carboxylic acids is 1. The first-order chi connectivity index (χ1) is 13.6. The molecule has 1 atom stereocenters. The number of aryl methyl sites for hydroxylation is 1. The maximum Gasteiger partial charge on any atom is 0.339 e. The van der Waals surface area contributed by atoms with Crippen LogP contribution in [0, 0.1) is 0 Å². The van der Waals surface area contributed by atoms with Crippen molar-refractivity contribution in [3.8, 4) is 5.75 Å². The van der Waals surface area contributed by atoms with Crippen LogP contribution in [0.3, 0.4) is 0 Å². The van der Waals surface area contributed by atoms with E-state index in [9.17, 15) is 20.1 Å². The first-order valence-electron chi connectivity index (χ1n) is 11.3. The Bertz CT molecular complexity index is 541. The maximum atomic E-state index is 11.2. The topological polar surface area (TPSA) is 77.8 Å². The molecule has 0 bridgehead atoms. The van der Waals surface area contributed by atoms with Crippen LogP contribution in [0.2, 0.25) is 0 Å². The van der Waals surface area contributed by atoms with Crippen LogP contribution in [-0.2, 0) is 6.42 Å². The Balaban J connectivity index is 1.95. The minimum absolute atomic E-state index is 0.0578. The van der Waals surface area contributed by atoms with E-state index in [2.05, 4.69) is 6.92 Å². The van der Waals surface area contributed by atoms with E-state index in [1.165, 1.54) is 57.4 Å². The molecule has 0 aromatic heterocycles. The highest BCUT2D eigenvalue weighted by atomic mass is 16.4. The monoisotopic (exact) mass is 392 g/mol. The van der Waals surface area contributed by atoms with Gasteiger partial charge in [0.25, 0.3) is 0 Å². The lowest BCUT2D eigenvalue weighted by Crippen LogP contribution is -2.04. The molecule has 0 saturated carbocycles. The van der Waals surface area contributed by atoms with Crippen LogP contribution in [0.5, 0.6) is 5.75 Å². The summed E-state index contributed by atoms with van der Waals surface area (Å²) in [5, 5.41) is 28.6. The molecule has 0 heterocycles. The average Bonchev–Trinajstić information content (AvgIpc) is 2.65. The van der Waals surface area contributed by atoms with Gasteiger partial charge in [-0.05, 0) is 37.3 Å². The van der Waals surface area contributed by atoms with Crippen molar-refractivity contribution in [1.29, 1.82) is 0 Å². The standard InChI is InChI=1S/C24H40O4/c1-2-15-21(25)18-13-11-9-7-5-3-4-6-8-10-12-16-20-17-14-19-22(26)23(20)24(27)28/h14,17,19,21,25-26H,2-13,15-16,18H2,1H3,(H,27,28). The van der Waals surface area contributed by atoms with E-state index in [0.717, 1.165) is 44.1 Å². The van der Waals surface area contributed by atoms with Gasteiger partial charge < -0.3 is 15.3 Å². The van der Waals surface area contributed by atoms with Crippen molar-refractivity contribution in [1.82, 2.24) is 0 Å². The number of aromatic hydroxyl groups is 1. The second-order valence-corrected chi connectivity index (χ2v) is 7.99. The lowest BCUT2D eigenvalue weighted by atomic mass is 9.99. The van der Waals surface area contributed by atoms with E-state index in [1.807, 2.05) is 0 Å². The number of carboxylic acid groups (broad SMARTS) is 1. The maximum absolute atomic E-state index is 11.2. The molecule has 0 radical (unpaired) electrons. The van der Waals surface area contributed by atoms with Crippen molar-refractivity contribution in [2.75, 3.05) is 0 Å². The van der Waals surface area contributed by atoms with Gasteiger partial charge in [-0.15, -0.1) is 0 Å². The lowest BCUT2D eigenvalue weighted by Gasteiger charge is -2.08. The van der Waals surface area contributed by atoms with Gasteiger partial charge in [0.15, 0.2) is 0 Å². The summed E-state index contributed by atoms with van der Waals surface area (Å²) in [6.07, 6.45) is 17.0. The Morgan fingerprint density at radius 3 is 1.93 bits per heavy atom. The quantitative estimate of drug-likeness (QED) is 0.265. The van der Waals surface area contributed by atoms with E-state index in [0.29, 0.717) is 6.42 Å². The fourth-order valence-electron chi connectivity index (χ4n) is 3.81. The second-order valence-electron chi connectivity index (χ2n) is 7.99. The fourth-order valence-corrected chi connectivity index (χ4v) is 3.81. The van der Waals surface area contributed by atoms with Gasteiger partial charge >= 0.3 is 5.97 Å². The van der Waals surface area contributed by atoms with Crippen LogP contribution in [-0.4, -0.2) is 27.4 Å². The van der Waals surface area contributed by atoms with Crippen LogP contribution >= 0.6 is 0 Å². The van der Waals surface area contributed by atoms with Gasteiger partial charge in [-0.2, -0.15) is 0 Å². The number of carbonyl (C=O) groups is 1. The molecule has 1 aromatic carbocycles. The molecule has 0 aliphatic rings. The number of benzene rings is 1. The van der Waals surface area contributed by atoms with Gasteiger partial charge in [-0.25, -0.2) is 4.79 Å². The predicted molar refractivity (Wildman–Crippen MR) is 115 cm³/mol. The zero-order valence-electron chi connectivity index (χ0n) is 17.7. The van der Waals surface area contributed by atoms with E-state index in [1.54, 1.807) is 12.1 Å². The van der Waals surface area contributed by atoms with Crippen molar-refractivity contribution in [3.63, 3.8) is 0 Å². The highest BCUT2D eigenvalue weighted by Gasteiger charge is 2.14. The zero-order chi connectivity index (χ0) is 20.6. The molecule has 0 amide bonds. The fraction of sp³-hybridized carbons (Fsp3) is 0.708.